The van der Waals surface area contributed by atoms with Crippen LogP contribution in [-0.2, 0) is 14.0 Å². The first-order chi connectivity index (χ1) is 15.8. The molecule has 3 aromatic rings. The Hall–Kier alpha value is -3.22. The van der Waals surface area contributed by atoms with Crippen molar-refractivity contribution in [2.24, 2.45) is 0 Å². The Balaban J connectivity index is 1.99. The highest BCUT2D eigenvalue weighted by Gasteiger charge is 2.50. The van der Waals surface area contributed by atoms with E-state index in [0.29, 0.717) is 5.56 Å². The van der Waals surface area contributed by atoms with E-state index < -0.39 is 20.3 Å². The van der Waals surface area contributed by atoms with E-state index >= 15 is 0 Å². The first-order valence-corrected chi connectivity index (χ1v) is 12.9. The highest BCUT2D eigenvalue weighted by Crippen LogP contribution is 2.36. The van der Waals surface area contributed by atoms with Gasteiger partial charge in [0, 0.05) is 5.56 Å². The van der Waals surface area contributed by atoms with Crippen LogP contribution in [0.5, 0.6) is 0 Å². The molecular weight excluding hydrogens is 430 g/mol. The zero-order valence-corrected chi connectivity index (χ0v) is 20.6. The van der Waals surface area contributed by atoms with Crippen LogP contribution in [-0.4, -0.2) is 40.0 Å². The predicted octanol–water partition coefficient (Wildman–Crippen LogP) is 3.53. The molecule has 3 aromatic carbocycles. The lowest BCUT2D eigenvalue weighted by molar-refractivity contribution is -0.143. The van der Waals surface area contributed by atoms with Gasteiger partial charge in [0.15, 0.2) is 0 Å². The Morgan fingerprint density at radius 1 is 0.818 bits per heavy atom. The lowest BCUT2D eigenvalue weighted by Gasteiger charge is -2.43. The number of rotatable bonds is 8. The second-order valence-electron chi connectivity index (χ2n) is 8.89. The molecule has 0 radical (unpaired) electrons. The number of hydrogen-bond acceptors (Lipinski definition) is 4. The van der Waals surface area contributed by atoms with Crippen LogP contribution in [0.1, 0.15) is 31.1 Å². The molecule has 0 saturated heterocycles. The smallest absolute Gasteiger partial charge is 0.330 e. The molecule has 33 heavy (non-hydrogen) atoms. The van der Waals surface area contributed by atoms with Crippen LogP contribution in [0, 0.1) is 0 Å². The van der Waals surface area contributed by atoms with Crippen molar-refractivity contribution < 1.29 is 18.8 Å². The van der Waals surface area contributed by atoms with E-state index in [1.165, 1.54) is 7.11 Å². The number of hydrogen-bond donors (Lipinski definition) is 1. The molecule has 0 aliphatic carbocycles. The van der Waals surface area contributed by atoms with Gasteiger partial charge >= 0.3 is 5.97 Å². The Bertz CT molecular complexity index is 1010. The Kier molecular flexibility index (Phi) is 7.84. The van der Waals surface area contributed by atoms with Crippen LogP contribution < -0.4 is 15.7 Å². The number of methoxy groups -OCH3 is 1. The summed E-state index contributed by atoms with van der Waals surface area (Å²) in [7, 11) is -1.55. The lowest BCUT2D eigenvalue weighted by Crippen LogP contribution is -2.67. The zero-order chi connectivity index (χ0) is 23.9. The van der Waals surface area contributed by atoms with Gasteiger partial charge in [0.25, 0.3) is 14.2 Å². The number of carbonyl (C=O) groups is 2. The second kappa shape index (κ2) is 10.6. The molecule has 0 aromatic heterocycles. The zero-order valence-electron chi connectivity index (χ0n) is 19.6. The maximum absolute atomic E-state index is 12.8. The third kappa shape index (κ3) is 5.41. The quantitative estimate of drug-likeness (QED) is 0.412. The van der Waals surface area contributed by atoms with Crippen LogP contribution in [0.15, 0.2) is 91.0 Å². The molecule has 0 heterocycles. The highest BCUT2D eigenvalue weighted by atomic mass is 28.4. The molecule has 1 amide bonds. The van der Waals surface area contributed by atoms with Crippen LogP contribution >= 0.6 is 0 Å². The molecule has 0 saturated carbocycles. The fourth-order valence-corrected chi connectivity index (χ4v) is 8.68. The van der Waals surface area contributed by atoms with Crippen LogP contribution in [0.4, 0.5) is 0 Å². The minimum Gasteiger partial charge on any atom is -0.467 e. The van der Waals surface area contributed by atoms with Crippen LogP contribution in [0.25, 0.3) is 0 Å². The van der Waals surface area contributed by atoms with E-state index in [0.717, 1.165) is 10.4 Å². The van der Waals surface area contributed by atoms with Gasteiger partial charge in [0.1, 0.15) is 6.04 Å². The van der Waals surface area contributed by atoms with Gasteiger partial charge in [-0.15, -0.1) is 0 Å². The molecular formula is C27H31NO4Si. The molecule has 0 aliphatic rings. The Morgan fingerprint density at radius 3 is 1.70 bits per heavy atom. The predicted molar refractivity (Wildman–Crippen MR) is 133 cm³/mol. The molecule has 6 heteroatoms. The number of nitrogens with one attached hydrogen (secondary N) is 1. The molecule has 3 rings (SSSR count). The number of esters is 1. The summed E-state index contributed by atoms with van der Waals surface area (Å²) in [6.07, 6.45) is 0. The van der Waals surface area contributed by atoms with Gasteiger partial charge in [-0.3, -0.25) is 4.79 Å². The number of carbonyl (C=O) groups excluding carboxylic acids is 2. The fraction of sp³-hybridized carbons (Fsp3) is 0.259. The maximum atomic E-state index is 12.8. The normalized spacial score (nSPS) is 12.6. The third-order valence-corrected chi connectivity index (χ3v) is 10.7. The second-order valence-corrected chi connectivity index (χ2v) is 13.2. The largest absolute Gasteiger partial charge is 0.467 e. The summed E-state index contributed by atoms with van der Waals surface area (Å²) in [5.74, 6) is -0.894. The van der Waals surface area contributed by atoms with Gasteiger partial charge < -0.3 is 14.5 Å². The van der Waals surface area contributed by atoms with Crippen molar-refractivity contribution in [3.8, 4) is 0 Å². The van der Waals surface area contributed by atoms with Crippen molar-refractivity contribution in [1.29, 1.82) is 0 Å². The average molecular weight is 462 g/mol. The van der Waals surface area contributed by atoms with E-state index in [9.17, 15) is 9.59 Å². The van der Waals surface area contributed by atoms with Crippen molar-refractivity contribution in [2.75, 3.05) is 13.7 Å². The number of amides is 1. The summed E-state index contributed by atoms with van der Waals surface area (Å²) in [4.78, 5) is 25.4. The lowest BCUT2D eigenvalue weighted by atomic mass is 10.2. The van der Waals surface area contributed by atoms with Crippen molar-refractivity contribution in [3.05, 3.63) is 96.6 Å². The highest BCUT2D eigenvalue weighted by molar-refractivity contribution is 6.99. The summed E-state index contributed by atoms with van der Waals surface area (Å²) < 4.78 is 11.8. The van der Waals surface area contributed by atoms with Gasteiger partial charge in [0.05, 0.1) is 13.7 Å². The van der Waals surface area contributed by atoms with Gasteiger partial charge in [-0.05, 0) is 27.5 Å². The molecule has 1 N–H and O–H groups in total. The summed E-state index contributed by atoms with van der Waals surface area (Å²) in [5.41, 5.74) is 0.469. The van der Waals surface area contributed by atoms with Gasteiger partial charge in [-0.25, -0.2) is 4.79 Å². The third-order valence-electron chi connectivity index (χ3n) is 5.71. The summed E-state index contributed by atoms with van der Waals surface area (Å²) in [6.45, 7) is 6.48. The molecule has 0 unspecified atom stereocenters. The van der Waals surface area contributed by atoms with Crippen LogP contribution in [0.3, 0.4) is 0 Å². The SMILES string of the molecule is COC(=O)[C@H](CO[Si](c1ccccc1)(c1ccccc1)C(C)(C)C)NC(=O)c1ccccc1. The summed E-state index contributed by atoms with van der Waals surface area (Å²) >= 11 is 0. The minimum atomic E-state index is -2.86. The van der Waals surface area contributed by atoms with E-state index in [1.54, 1.807) is 24.3 Å². The van der Waals surface area contributed by atoms with E-state index in [1.807, 2.05) is 42.5 Å². The maximum Gasteiger partial charge on any atom is 0.330 e. The summed E-state index contributed by atoms with van der Waals surface area (Å²) in [5, 5.41) is 4.74. The molecule has 0 aliphatic heterocycles. The van der Waals surface area contributed by atoms with Crippen molar-refractivity contribution in [3.63, 3.8) is 0 Å². The minimum absolute atomic E-state index is 0.00146. The van der Waals surface area contributed by atoms with Crippen LogP contribution in [0.2, 0.25) is 5.04 Å². The van der Waals surface area contributed by atoms with E-state index in [2.05, 4.69) is 50.4 Å². The van der Waals surface area contributed by atoms with Gasteiger partial charge in [-0.2, -0.15) is 0 Å². The number of benzene rings is 3. The molecule has 0 spiro atoms. The van der Waals surface area contributed by atoms with Gasteiger partial charge in [0.2, 0.25) is 0 Å². The molecule has 0 fully saturated rings. The average Bonchev–Trinajstić information content (AvgIpc) is 2.84. The van der Waals surface area contributed by atoms with Crippen molar-refractivity contribution in [1.82, 2.24) is 5.32 Å². The summed E-state index contributed by atoms with van der Waals surface area (Å²) in [6, 6.07) is 28.2. The van der Waals surface area contributed by atoms with Crippen molar-refractivity contribution >= 4 is 30.6 Å². The first-order valence-electron chi connectivity index (χ1n) is 11.0. The molecule has 5 nitrogen and oxygen atoms in total. The Morgan fingerprint density at radius 2 is 1.27 bits per heavy atom. The standard InChI is InChI=1S/C27H31NO4Si/c1-27(2,3)33(22-16-10-6-11-17-22,23-18-12-7-13-19-23)32-20-24(26(30)31-4)28-25(29)21-14-8-5-9-15-21/h5-19,24H,20H2,1-4H3,(H,28,29)/t24-/m0/s1. The van der Waals surface area contributed by atoms with E-state index in [-0.39, 0.29) is 17.6 Å². The molecule has 172 valence electrons. The van der Waals surface area contributed by atoms with E-state index in [4.69, 9.17) is 9.16 Å². The number of ether oxygens (including phenoxy) is 1. The van der Waals surface area contributed by atoms with Gasteiger partial charge in [-0.1, -0.05) is 99.6 Å². The first kappa shape index (κ1) is 24.4. The van der Waals surface area contributed by atoms with Crippen molar-refractivity contribution in [2.45, 2.75) is 31.9 Å². The Labute approximate surface area is 196 Å². The molecule has 1 atom stereocenters. The topological polar surface area (TPSA) is 64.6 Å². The molecule has 0 bridgehead atoms. The monoisotopic (exact) mass is 461 g/mol. The fourth-order valence-electron chi connectivity index (χ4n) is 4.11.